The van der Waals surface area contributed by atoms with Gasteiger partial charge < -0.3 is 4.74 Å². The fourth-order valence-electron chi connectivity index (χ4n) is 1.20. The van der Waals surface area contributed by atoms with Gasteiger partial charge in [-0.05, 0) is 36.6 Å². The van der Waals surface area contributed by atoms with E-state index in [1.54, 1.807) is 18.2 Å². The van der Waals surface area contributed by atoms with Crippen LogP contribution in [0.5, 0.6) is 5.75 Å². The zero-order valence-corrected chi connectivity index (χ0v) is 7.68. The van der Waals surface area contributed by atoms with E-state index in [-0.39, 0.29) is 5.75 Å². The van der Waals surface area contributed by atoms with Crippen molar-refractivity contribution < 1.29 is 13.5 Å². The minimum absolute atomic E-state index is 0.234. The normalized spacial score (nSPS) is 10.5. The van der Waals surface area contributed by atoms with Gasteiger partial charge in [0.25, 0.3) is 0 Å². The van der Waals surface area contributed by atoms with Crippen LogP contribution < -0.4 is 4.74 Å². The topological polar surface area (TPSA) is 9.23 Å². The maximum atomic E-state index is 11.8. The molecule has 3 heteroatoms. The summed E-state index contributed by atoms with van der Waals surface area (Å²) in [6, 6.07) is 5.00. The molecule has 0 bridgehead atoms. The van der Waals surface area contributed by atoms with Gasteiger partial charge >= 0.3 is 6.61 Å². The second-order valence-electron chi connectivity index (χ2n) is 2.82. The van der Waals surface area contributed by atoms with Gasteiger partial charge in [0.2, 0.25) is 0 Å². The van der Waals surface area contributed by atoms with Crippen molar-refractivity contribution >= 4 is 0 Å². The Morgan fingerprint density at radius 3 is 2.62 bits per heavy atom. The highest BCUT2D eigenvalue weighted by Crippen LogP contribution is 2.19. The van der Waals surface area contributed by atoms with Gasteiger partial charge in [-0.2, -0.15) is 8.78 Å². The Morgan fingerprint density at radius 1 is 1.38 bits per heavy atom. The molecular formula is C10H12F2O. The third-order valence-electron chi connectivity index (χ3n) is 1.93. The van der Waals surface area contributed by atoms with Crippen molar-refractivity contribution in [3.8, 4) is 5.75 Å². The molecule has 1 aromatic carbocycles. The standard InChI is InChI=1S/C10H12F2O/c1-3-8-6-9(13-10(11)12)5-4-7(8)2/h4-6,10H,3H2,1-2H3. The van der Waals surface area contributed by atoms with Crippen LogP contribution >= 0.6 is 0 Å². The lowest BCUT2D eigenvalue weighted by Gasteiger charge is -2.07. The molecule has 72 valence electrons. The molecule has 0 aromatic heterocycles. The molecule has 0 amide bonds. The second-order valence-corrected chi connectivity index (χ2v) is 2.82. The smallest absolute Gasteiger partial charge is 0.387 e. The first-order valence-electron chi connectivity index (χ1n) is 4.17. The van der Waals surface area contributed by atoms with Gasteiger partial charge in [0.1, 0.15) is 5.75 Å². The van der Waals surface area contributed by atoms with E-state index >= 15 is 0 Å². The molecule has 0 aliphatic heterocycles. The van der Waals surface area contributed by atoms with Gasteiger partial charge in [0.05, 0.1) is 0 Å². The Bertz CT molecular complexity index is 284. The average Bonchev–Trinajstić information content (AvgIpc) is 2.07. The van der Waals surface area contributed by atoms with Crippen LogP contribution in [-0.2, 0) is 6.42 Å². The van der Waals surface area contributed by atoms with Crippen molar-refractivity contribution in [1.29, 1.82) is 0 Å². The summed E-state index contributed by atoms with van der Waals surface area (Å²) in [7, 11) is 0. The third kappa shape index (κ3) is 2.68. The molecule has 0 N–H and O–H groups in total. The van der Waals surface area contributed by atoms with E-state index in [2.05, 4.69) is 4.74 Å². The zero-order valence-electron chi connectivity index (χ0n) is 7.68. The molecule has 0 fully saturated rings. The summed E-state index contributed by atoms with van der Waals surface area (Å²) in [5, 5.41) is 0. The molecule has 0 saturated heterocycles. The lowest BCUT2D eigenvalue weighted by molar-refractivity contribution is -0.0498. The first-order valence-corrected chi connectivity index (χ1v) is 4.17. The van der Waals surface area contributed by atoms with E-state index in [0.29, 0.717) is 0 Å². The number of halogens is 2. The fourth-order valence-corrected chi connectivity index (χ4v) is 1.20. The largest absolute Gasteiger partial charge is 0.435 e. The molecule has 13 heavy (non-hydrogen) atoms. The molecule has 1 aromatic rings. The maximum Gasteiger partial charge on any atom is 0.387 e. The monoisotopic (exact) mass is 186 g/mol. The molecule has 0 saturated carbocycles. The molecule has 0 spiro atoms. The highest BCUT2D eigenvalue weighted by molar-refractivity contribution is 5.34. The number of hydrogen-bond acceptors (Lipinski definition) is 1. The molecule has 0 atom stereocenters. The maximum absolute atomic E-state index is 11.8. The first kappa shape index (κ1) is 9.96. The van der Waals surface area contributed by atoms with Crippen LogP contribution in [0.15, 0.2) is 18.2 Å². The van der Waals surface area contributed by atoms with Crippen LogP contribution in [0.3, 0.4) is 0 Å². The third-order valence-corrected chi connectivity index (χ3v) is 1.93. The van der Waals surface area contributed by atoms with Gasteiger partial charge in [-0.1, -0.05) is 13.0 Å². The highest BCUT2D eigenvalue weighted by Gasteiger charge is 2.05. The van der Waals surface area contributed by atoms with E-state index in [1.807, 2.05) is 13.8 Å². The van der Waals surface area contributed by atoms with Gasteiger partial charge in [0.15, 0.2) is 0 Å². The van der Waals surface area contributed by atoms with Crippen molar-refractivity contribution in [2.24, 2.45) is 0 Å². The van der Waals surface area contributed by atoms with Crippen LogP contribution in [-0.4, -0.2) is 6.61 Å². The van der Waals surface area contributed by atoms with Crippen molar-refractivity contribution in [1.82, 2.24) is 0 Å². The van der Waals surface area contributed by atoms with Gasteiger partial charge in [-0.15, -0.1) is 0 Å². The lowest BCUT2D eigenvalue weighted by Crippen LogP contribution is -2.02. The van der Waals surface area contributed by atoms with E-state index < -0.39 is 6.61 Å². The van der Waals surface area contributed by atoms with E-state index in [9.17, 15) is 8.78 Å². The van der Waals surface area contributed by atoms with Crippen molar-refractivity contribution in [3.05, 3.63) is 29.3 Å². The summed E-state index contributed by atoms with van der Waals surface area (Å²) in [6.07, 6.45) is 0.826. The van der Waals surface area contributed by atoms with Crippen molar-refractivity contribution in [3.63, 3.8) is 0 Å². The van der Waals surface area contributed by atoms with Gasteiger partial charge in [-0.25, -0.2) is 0 Å². The quantitative estimate of drug-likeness (QED) is 0.704. The first-order chi connectivity index (χ1) is 6.13. The predicted molar refractivity (Wildman–Crippen MR) is 47.2 cm³/mol. The van der Waals surface area contributed by atoms with Crippen molar-refractivity contribution in [2.45, 2.75) is 26.9 Å². The molecular weight excluding hydrogens is 174 g/mol. The average molecular weight is 186 g/mol. The summed E-state index contributed by atoms with van der Waals surface area (Å²) in [6.45, 7) is 1.19. The molecule has 1 nitrogen and oxygen atoms in total. The van der Waals surface area contributed by atoms with E-state index in [0.717, 1.165) is 17.5 Å². The van der Waals surface area contributed by atoms with Gasteiger partial charge in [0, 0.05) is 0 Å². The van der Waals surface area contributed by atoms with E-state index in [4.69, 9.17) is 0 Å². The van der Waals surface area contributed by atoms with Gasteiger partial charge in [-0.3, -0.25) is 0 Å². The zero-order chi connectivity index (χ0) is 9.84. The Hall–Kier alpha value is -1.12. The molecule has 0 unspecified atom stereocenters. The summed E-state index contributed by atoms with van der Waals surface area (Å²) in [5.41, 5.74) is 2.14. The van der Waals surface area contributed by atoms with Crippen LogP contribution in [0, 0.1) is 6.92 Å². The molecule has 0 aliphatic rings. The Morgan fingerprint density at radius 2 is 2.08 bits per heavy atom. The Labute approximate surface area is 76.3 Å². The lowest BCUT2D eigenvalue weighted by atomic mass is 10.1. The number of alkyl halides is 2. The van der Waals surface area contributed by atoms with Crippen molar-refractivity contribution in [2.75, 3.05) is 0 Å². The molecule has 0 heterocycles. The summed E-state index contributed by atoms with van der Waals surface area (Å²) in [4.78, 5) is 0. The SMILES string of the molecule is CCc1cc(OC(F)F)ccc1C. The van der Waals surface area contributed by atoms with Crippen LogP contribution in [0.25, 0.3) is 0 Å². The summed E-state index contributed by atoms with van der Waals surface area (Å²) < 4.78 is 27.9. The minimum atomic E-state index is -2.74. The number of benzene rings is 1. The summed E-state index contributed by atoms with van der Waals surface area (Å²) >= 11 is 0. The molecule has 0 aliphatic carbocycles. The van der Waals surface area contributed by atoms with Crippen LogP contribution in [0.1, 0.15) is 18.1 Å². The molecule has 0 radical (unpaired) electrons. The fraction of sp³-hybridized carbons (Fsp3) is 0.400. The van der Waals surface area contributed by atoms with Crippen LogP contribution in [0.2, 0.25) is 0 Å². The number of aryl methyl sites for hydroxylation is 2. The highest BCUT2D eigenvalue weighted by atomic mass is 19.3. The number of hydrogen-bond donors (Lipinski definition) is 0. The number of rotatable bonds is 3. The molecule has 1 rings (SSSR count). The number of ether oxygens (including phenoxy) is 1. The summed E-state index contributed by atoms with van der Waals surface area (Å²) in [5.74, 6) is 0.234. The Balaban J connectivity index is 2.86. The minimum Gasteiger partial charge on any atom is -0.435 e. The Kier molecular flexibility index (Phi) is 3.23. The second kappa shape index (κ2) is 4.21. The van der Waals surface area contributed by atoms with E-state index in [1.165, 1.54) is 0 Å². The predicted octanol–water partition coefficient (Wildman–Crippen LogP) is 3.16. The van der Waals surface area contributed by atoms with Crippen LogP contribution in [0.4, 0.5) is 8.78 Å².